The molecule has 2 aliphatic rings. The molecule has 2 saturated heterocycles. The van der Waals surface area contributed by atoms with Crippen molar-refractivity contribution in [2.75, 3.05) is 38.1 Å². The van der Waals surface area contributed by atoms with Gasteiger partial charge in [0.1, 0.15) is 11.9 Å². The maximum absolute atomic E-state index is 13.0. The lowest BCUT2D eigenvalue weighted by Gasteiger charge is -2.60. The van der Waals surface area contributed by atoms with Crippen LogP contribution in [0.5, 0.6) is 0 Å². The van der Waals surface area contributed by atoms with Crippen LogP contribution in [0, 0.1) is 5.41 Å². The third kappa shape index (κ3) is 5.10. The highest BCUT2D eigenvalue weighted by molar-refractivity contribution is 5.84. The van der Waals surface area contributed by atoms with Crippen LogP contribution >= 0.6 is 0 Å². The van der Waals surface area contributed by atoms with E-state index in [-0.39, 0.29) is 35.9 Å². The van der Waals surface area contributed by atoms with Crippen molar-refractivity contribution in [3.8, 4) is 11.1 Å². The monoisotopic (exact) mass is 547 g/mol. The molecule has 3 heterocycles. The number of nitrogens with one attached hydrogen (secondary N) is 1. The van der Waals surface area contributed by atoms with Crippen LogP contribution in [0.2, 0.25) is 0 Å². The molecule has 2 aromatic carbocycles. The average Bonchev–Trinajstić information content (AvgIpc) is 3.11. The van der Waals surface area contributed by atoms with Gasteiger partial charge in [0.05, 0.1) is 17.1 Å². The lowest BCUT2D eigenvalue weighted by atomic mass is 9.73. The largest absolute Gasteiger partial charge is 0.444 e. The lowest BCUT2D eigenvalue weighted by Crippen LogP contribution is -2.73. The SMILES string of the molecule is CNC(=O)CCC(C=O)n1c(=O)n(C)c2cc(-c3ccc(N4CC5(CN(C(=O)OC(C)(C)C)C5)C4)cc3)ccc21. The van der Waals surface area contributed by atoms with Crippen LogP contribution in [0.1, 0.15) is 39.7 Å². The molecule has 2 aliphatic heterocycles. The van der Waals surface area contributed by atoms with Crippen LogP contribution in [0.15, 0.2) is 47.3 Å². The molecule has 0 aliphatic carbocycles. The van der Waals surface area contributed by atoms with Gasteiger partial charge in [0, 0.05) is 57.8 Å². The molecule has 40 heavy (non-hydrogen) atoms. The number of hydrogen-bond acceptors (Lipinski definition) is 6. The van der Waals surface area contributed by atoms with Gasteiger partial charge < -0.3 is 24.6 Å². The summed E-state index contributed by atoms with van der Waals surface area (Å²) >= 11 is 0. The molecule has 1 aromatic heterocycles. The van der Waals surface area contributed by atoms with Gasteiger partial charge in [-0.25, -0.2) is 9.59 Å². The van der Waals surface area contributed by atoms with Gasteiger partial charge in [-0.2, -0.15) is 0 Å². The number of anilines is 1. The molecule has 1 N–H and O–H groups in total. The van der Waals surface area contributed by atoms with Gasteiger partial charge in [-0.3, -0.25) is 13.9 Å². The maximum atomic E-state index is 13.0. The fourth-order valence-corrected chi connectivity index (χ4v) is 5.76. The minimum Gasteiger partial charge on any atom is -0.444 e. The van der Waals surface area contributed by atoms with Gasteiger partial charge in [-0.05, 0) is 62.6 Å². The van der Waals surface area contributed by atoms with Crippen molar-refractivity contribution >= 4 is 35.0 Å². The van der Waals surface area contributed by atoms with E-state index in [9.17, 15) is 19.2 Å². The number of fused-ring (bicyclic) bond motifs is 1. The summed E-state index contributed by atoms with van der Waals surface area (Å²) < 4.78 is 8.49. The molecule has 10 nitrogen and oxygen atoms in total. The third-order valence-electron chi connectivity index (χ3n) is 7.85. The first-order valence-electron chi connectivity index (χ1n) is 13.6. The van der Waals surface area contributed by atoms with Crippen molar-refractivity contribution in [2.24, 2.45) is 12.5 Å². The first-order valence-corrected chi connectivity index (χ1v) is 13.6. The predicted molar refractivity (Wildman–Crippen MR) is 153 cm³/mol. The Morgan fingerprint density at radius 2 is 1.68 bits per heavy atom. The van der Waals surface area contributed by atoms with Crippen LogP contribution in [0.4, 0.5) is 10.5 Å². The van der Waals surface area contributed by atoms with Crippen LogP contribution < -0.4 is 15.9 Å². The second-order valence-electron chi connectivity index (χ2n) is 12.1. The van der Waals surface area contributed by atoms with E-state index in [1.807, 2.05) is 39.0 Å². The van der Waals surface area contributed by atoms with Crippen molar-refractivity contribution in [3.05, 3.63) is 52.9 Å². The molecule has 0 radical (unpaired) electrons. The highest BCUT2D eigenvalue weighted by atomic mass is 16.6. The number of rotatable bonds is 7. The van der Waals surface area contributed by atoms with Gasteiger partial charge >= 0.3 is 11.8 Å². The Kier molecular flexibility index (Phi) is 6.97. The quantitative estimate of drug-likeness (QED) is 0.455. The van der Waals surface area contributed by atoms with Crippen molar-refractivity contribution in [3.63, 3.8) is 0 Å². The van der Waals surface area contributed by atoms with E-state index in [4.69, 9.17) is 4.74 Å². The zero-order valence-corrected chi connectivity index (χ0v) is 23.8. The zero-order chi connectivity index (χ0) is 28.8. The summed E-state index contributed by atoms with van der Waals surface area (Å²) in [5, 5.41) is 2.55. The number of likely N-dealkylation sites (tertiary alicyclic amines) is 1. The molecular weight excluding hydrogens is 510 g/mol. The molecule has 1 unspecified atom stereocenters. The van der Waals surface area contributed by atoms with E-state index in [2.05, 4.69) is 34.5 Å². The number of amides is 2. The number of imidazole rings is 1. The summed E-state index contributed by atoms with van der Waals surface area (Å²) in [7, 11) is 3.24. The standard InChI is InChI=1S/C30H37N5O5/c1-29(2,3)40-28(39)34-18-30(19-34)16-33(17-30)22-9-6-20(7-10-22)21-8-12-24-25(14-21)32(5)27(38)35(24)23(15-36)11-13-26(37)31-4/h6-10,12,14-15,23H,11,13,16-19H2,1-5H3,(H,31,37). The number of carbonyl (C=O) groups is 3. The van der Waals surface area contributed by atoms with E-state index in [0.29, 0.717) is 5.52 Å². The zero-order valence-electron chi connectivity index (χ0n) is 23.8. The summed E-state index contributed by atoms with van der Waals surface area (Å²) in [6.45, 7) is 8.91. The number of aryl methyl sites for hydroxylation is 1. The van der Waals surface area contributed by atoms with Crippen molar-refractivity contribution < 1.29 is 19.1 Å². The number of aldehydes is 1. The number of carbonyl (C=O) groups excluding carboxylic acids is 3. The molecule has 1 atom stereocenters. The Labute approximate surface area is 233 Å². The Bertz CT molecular complexity index is 1500. The Hall–Kier alpha value is -4.08. The summed E-state index contributed by atoms with van der Waals surface area (Å²) in [6.07, 6.45) is 0.904. The van der Waals surface area contributed by atoms with E-state index in [1.54, 1.807) is 23.6 Å². The minimum absolute atomic E-state index is 0.151. The van der Waals surface area contributed by atoms with Crippen LogP contribution in [-0.4, -0.2) is 71.1 Å². The Morgan fingerprint density at radius 1 is 1.02 bits per heavy atom. The molecule has 212 valence electrons. The average molecular weight is 548 g/mol. The number of nitrogens with zero attached hydrogens (tertiary/aromatic N) is 4. The molecule has 0 saturated carbocycles. The Balaban J connectivity index is 1.26. The predicted octanol–water partition coefficient (Wildman–Crippen LogP) is 3.33. The third-order valence-corrected chi connectivity index (χ3v) is 7.85. The van der Waals surface area contributed by atoms with Gasteiger partial charge in [-0.1, -0.05) is 18.2 Å². The van der Waals surface area contributed by atoms with Crippen LogP contribution in [0.25, 0.3) is 22.2 Å². The molecule has 0 bridgehead atoms. The smallest absolute Gasteiger partial charge is 0.410 e. The number of ether oxygens (including phenoxy) is 1. The van der Waals surface area contributed by atoms with E-state index < -0.39 is 11.6 Å². The number of aromatic nitrogens is 2. The second-order valence-corrected chi connectivity index (χ2v) is 12.1. The summed E-state index contributed by atoms with van der Waals surface area (Å²) in [5.74, 6) is -0.172. The summed E-state index contributed by atoms with van der Waals surface area (Å²) in [6, 6.07) is 13.4. The van der Waals surface area contributed by atoms with Crippen molar-refractivity contribution in [1.82, 2.24) is 19.4 Å². The van der Waals surface area contributed by atoms with E-state index >= 15 is 0 Å². The topological polar surface area (TPSA) is 106 Å². The molecule has 2 fully saturated rings. The van der Waals surface area contributed by atoms with Crippen molar-refractivity contribution in [1.29, 1.82) is 0 Å². The molecule has 10 heteroatoms. The van der Waals surface area contributed by atoms with Gasteiger partial charge in [0.2, 0.25) is 5.91 Å². The number of benzene rings is 2. The lowest BCUT2D eigenvalue weighted by molar-refractivity contribution is -0.121. The first kappa shape index (κ1) is 27.5. The molecule has 2 amide bonds. The molecule has 5 rings (SSSR count). The Morgan fingerprint density at radius 3 is 2.27 bits per heavy atom. The number of hydrogen-bond donors (Lipinski definition) is 1. The highest BCUT2D eigenvalue weighted by Crippen LogP contribution is 2.42. The van der Waals surface area contributed by atoms with Gasteiger partial charge in [-0.15, -0.1) is 0 Å². The highest BCUT2D eigenvalue weighted by Gasteiger charge is 2.54. The van der Waals surface area contributed by atoms with E-state index in [0.717, 1.165) is 54.8 Å². The normalized spacial score (nSPS) is 16.8. The molecule has 3 aromatic rings. The minimum atomic E-state index is -0.717. The van der Waals surface area contributed by atoms with Crippen LogP contribution in [0.3, 0.4) is 0 Å². The second kappa shape index (κ2) is 10.1. The fraction of sp³-hybridized carbons (Fsp3) is 0.467. The maximum Gasteiger partial charge on any atom is 0.410 e. The van der Waals surface area contributed by atoms with Crippen molar-refractivity contribution in [2.45, 2.75) is 45.3 Å². The fourth-order valence-electron chi connectivity index (χ4n) is 5.76. The molecule has 1 spiro atoms. The summed E-state index contributed by atoms with van der Waals surface area (Å²) in [5.41, 5.74) is 3.88. The van der Waals surface area contributed by atoms with Gasteiger partial charge in [0.25, 0.3) is 0 Å². The van der Waals surface area contributed by atoms with Crippen LogP contribution in [-0.2, 0) is 21.4 Å². The summed E-state index contributed by atoms with van der Waals surface area (Å²) in [4.78, 5) is 53.0. The van der Waals surface area contributed by atoms with Gasteiger partial charge in [0.15, 0.2) is 0 Å². The molecular formula is C30H37N5O5. The first-order chi connectivity index (χ1) is 18.9. The van der Waals surface area contributed by atoms with E-state index in [1.165, 1.54) is 4.57 Å².